The molecule has 0 aromatic carbocycles. The van der Waals surface area contributed by atoms with Crippen LogP contribution in [0.5, 0.6) is 0 Å². The van der Waals surface area contributed by atoms with Crippen LogP contribution in [-0.4, -0.2) is 56.7 Å². The van der Waals surface area contributed by atoms with Crippen LogP contribution in [-0.2, 0) is 20.4 Å². The lowest BCUT2D eigenvalue weighted by molar-refractivity contribution is 0.0168. The molecule has 0 fully saturated rings. The van der Waals surface area contributed by atoms with Gasteiger partial charge < -0.3 is 25.0 Å². The number of anilines is 1. The quantitative estimate of drug-likeness (QED) is 0.0734. The molecule has 1 aromatic rings. The molecule has 0 aliphatic rings. The molecular weight excluding hydrogens is 533 g/mol. The van der Waals surface area contributed by atoms with Gasteiger partial charge in [-0.15, -0.1) is 0 Å². The highest BCUT2D eigenvalue weighted by atomic mass is 33.1. The van der Waals surface area contributed by atoms with E-state index < -0.39 is 32.3 Å². The SMILES string of the molecule is CCCCCCCCCCCCCCSSCCCOP(=O)(O)CO[C@H](CO)Cn1ccc(N)nc1=O. The van der Waals surface area contributed by atoms with E-state index in [9.17, 15) is 19.4 Å². The average molecular weight is 582 g/mol. The number of nitrogens with zero attached hydrogens (tertiary/aromatic N) is 2. The zero-order chi connectivity index (χ0) is 27.2. The molecule has 1 rings (SSSR count). The fourth-order valence-corrected chi connectivity index (χ4v) is 6.74. The van der Waals surface area contributed by atoms with Crippen molar-refractivity contribution >= 4 is 35.0 Å². The normalized spacial score (nSPS) is 14.0. The van der Waals surface area contributed by atoms with Crippen LogP contribution in [0.3, 0.4) is 0 Å². The van der Waals surface area contributed by atoms with Crippen LogP contribution in [0.4, 0.5) is 5.82 Å². The van der Waals surface area contributed by atoms with Crippen LogP contribution in [0.15, 0.2) is 17.1 Å². The Labute approximate surface area is 230 Å². The second kappa shape index (κ2) is 22.3. The number of ether oxygens (including phenoxy) is 1. The Hall–Kier alpha value is -0.550. The summed E-state index contributed by atoms with van der Waals surface area (Å²) in [5.74, 6) is 2.07. The van der Waals surface area contributed by atoms with Gasteiger partial charge in [-0.05, 0) is 18.9 Å². The maximum Gasteiger partial charge on any atom is 0.353 e. The number of rotatable bonds is 25. The van der Waals surface area contributed by atoms with Crippen molar-refractivity contribution in [2.45, 2.75) is 103 Å². The van der Waals surface area contributed by atoms with E-state index >= 15 is 0 Å². The molecule has 0 aliphatic heterocycles. The third-order valence-electron chi connectivity index (χ3n) is 5.80. The van der Waals surface area contributed by atoms with E-state index in [1.807, 2.05) is 10.8 Å². The Morgan fingerprint density at radius 2 is 1.57 bits per heavy atom. The predicted molar refractivity (Wildman–Crippen MR) is 156 cm³/mol. The molecule has 0 spiro atoms. The third kappa shape index (κ3) is 19.2. The molecule has 0 amide bonds. The van der Waals surface area contributed by atoms with Crippen molar-refractivity contribution < 1.29 is 23.8 Å². The van der Waals surface area contributed by atoms with E-state index in [0.717, 1.165) is 11.5 Å². The number of nitrogen functional groups attached to an aromatic ring is 1. The smallest absolute Gasteiger partial charge is 0.353 e. The zero-order valence-corrected chi connectivity index (χ0v) is 25.0. The van der Waals surface area contributed by atoms with E-state index in [4.69, 9.17) is 15.0 Å². The Balaban J connectivity index is 1.97. The number of aliphatic hydroxyl groups is 1. The van der Waals surface area contributed by atoms with Gasteiger partial charge in [0.05, 0.1) is 25.9 Å². The summed E-state index contributed by atoms with van der Waals surface area (Å²) in [5, 5.41) is 9.47. The highest BCUT2D eigenvalue weighted by Crippen LogP contribution is 2.42. The molecule has 0 aliphatic carbocycles. The van der Waals surface area contributed by atoms with Crippen LogP contribution in [0.25, 0.3) is 0 Å². The maximum absolute atomic E-state index is 12.2. The Morgan fingerprint density at radius 3 is 2.14 bits per heavy atom. The Bertz CT molecular complexity index is 802. The first-order valence-electron chi connectivity index (χ1n) is 13.6. The molecular formula is C25H48N3O6PS2. The van der Waals surface area contributed by atoms with E-state index in [2.05, 4.69) is 11.9 Å². The predicted octanol–water partition coefficient (Wildman–Crippen LogP) is 5.84. The van der Waals surface area contributed by atoms with Gasteiger partial charge in [-0.2, -0.15) is 4.98 Å². The topological polar surface area (TPSA) is 137 Å². The van der Waals surface area contributed by atoms with Gasteiger partial charge in [-0.1, -0.05) is 99.1 Å². The molecule has 37 heavy (non-hydrogen) atoms. The maximum atomic E-state index is 12.2. The standard InChI is InChI=1S/C25H48N3O6PS2/c1-2-3-4-5-6-7-8-9-10-11-12-13-18-36-37-19-14-17-34-35(31,32)22-33-23(21-29)20-28-16-15-24(26)27-25(28)30/h15-16,23,29H,2-14,17-22H2,1H3,(H,31,32)(H2,26,27,30)/t23-/m0/s1. The highest BCUT2D eigenvalue weighted by molar-refractivity contribution is 8.76. The molecule has 12 heteroatoms. The molecule has 1 heterocycles. The highest BCUT2D eigenvalue weighted by Gasteiger charge is 2.22. The second-order valence-corrected chi connectivity index (χ2v) is 13.7. The van der Waals surface area contributed by atoms with Crippen molar-refractivity contribution in [3.05, 3.63) is 22.7 Å². The van der Waals surface area contributed by atoms with Crippen LogP contribution in [0, 0.1) is 0 Å². The summed E-state index contributed by atoms with van der Waals surface area (Å²) in [6.07, 6.45) is 17.0. The van der Waals surface area contributed by atoms with E-state index in [-0.39, 0.29) is 19.0 Å². The lowest BCUT2D eigenvalue weighted by Crippen LogP contribution is -2.32. The van der Waals surface area contributed by atoms with Gasteiger partial charge in [-0.25, -0.2) is 4.79 Å². The van der Waals surface area contributed by atoms with Gasteiger partial charge in [0.2, 0.25) is 0 Å². The summed E-state index contributed by atoms with van der Waals surface area (Å²) < 4.78 is 23.8. The summed E-state index contributed by atoms with van der Waals surface area (Å²) >= 11 is 0. The van der Waals surface area contributed by atoms with Crippen molar-refractivity contribution in [3.63, 3.8) is 0 Å². The van der Waals surface area contributed by atoms with Crippen LogP contribution in [0.1, 0.15) is 90.4 Å². The van der Waals surface area contributed by atoms with Gasteiger partial charge >= 0.3 is 13.3 Å². The second-order valence-electron chi connectivity index (χ2n) is 9.24. The van der Waals surface area contributed by atoms with Crippen molar-refractivity contribution in [1.29, 1.82) is 0 Å². The number of unbranched alkanes of at least 4 members (excludes halogenated alkanes) is 11. The van der Waals surface area contributed by atoms with Gasteiger partial charge in [0.25, 0.3) is 0 Å². The number of aromatic nitrogens is 2. The van der Waals surface area contributed by atoms with Gasteiger partial charge in [-0.3, -0.25) is 9.13 Å². The lowest BCUT2D eigenvalue weighted by atomic mass is 10.1. The first-order chi connectivity index (χ1) is 17.9. The molecule has 1 unspecified atom stereocenters. The number of nitrogens with two attached hydrogens (primary N) is 1. The molecule has 216 valence electrons. The number of aliphatic hydroxyl groups excluding tert-OH is 1. The van der Waals surface area contributed by atoms with Crippen molar-refractivity contribution in [2.75, 3.05) is 36.8 Å². The van der Waals surface area contributed by atoms with Crippen molar-refractivity contribution in [3.8, 4) is 0 Å². The minimum atomic E-state index is -3.95. The largest absolute Gasteiger partial charge is 0.394 e. The molecule has 9 nitrogen and oxygen atoms in total. The average Bonchev–Trinajstić information content (AvgIpc) is 2.87. The van der Waals surface area contributed by atoms with Crippen LogP contribution in [0.2, 0.25) is 0 Å². The summed E-state index contributed by atoms with van der Waals surface area (Å²) in [5.41, 5.74) is 4.87. The van der Waals surface area contributed by atoms with Crippen molar-refractivity contribution in [1.82, 2.24) is 9.55 Å². The first-order valence-corrected chi connectivity index (χ1v) is 17.9. The fourth-order valence-electron chi connectivity index (χ4n) is 3.65. The van der Waals surface area contributed by atoms with E-state index in [1.165, 1.54) is 93.9 Å². The van der Waals surface area contributed by atoms with E-state index in [1.54, 1.807) is 10.8 Å². The fraction of sp³-hybridized carbons (Fsp3) is 0.840. The Kier molecular flexibility index (Phi) is 20.8. The number of hydrogen-bond donors (Lipinski definition) is 3. The van der Waals surface area contributed by atoms with Crippen LogP contribution < -0.4 is 11.4 Å². The molecule has 2 atom stereocenters. The molecule has 0 saturated carbocycles. The van der Waals surface area contributed by atoms with Crippen LogP contribution >= 0.6 is 29.2 Å². The minimum absolute atomic E-state index is 0.0182. The monoisotopic (exact) mass is 581 g/mol. The summed E-state index contributed by atoms with van der Waals surface area (Å²) in [6, 6.07) is 1.45. The van der Waals surface area contributed by atoms with Crippen molar-refractivity contribution in [2.24, 2.45) is 0 Å². The molecule has 1 aromatic heterocycles. The lowest BCUT2D eigenvalue weighted by Gasteiger charge is -2.19. The zero-order valence-electron chi connectivity index (χ0n) is 22.4. The summed E-state index contributed by atoms with van der Waals surface area (Å²) in [4.78, 5) is 25.3. The molecule has 0 bridgehead atoms. The van der Waals surface area contributed by atoms with Gasteiger partial charge in [0, 0.05) is 17.7 Å². The first kappa shape index (κ1) is 34.5. The van der Waals surface area contributed by atoms with E-state index in [0.29, 0.717) is 6.42 Å². The summed E-state index contributed by atoms with van der Waals surface area (Å²) in [6.45, 7) is 1.98. The third-order valence-corrected chi connectivity index (χ3v) is 9.44. The minimum Gasteiger partial charge on any atom is -0.394 e. The molecule has 0 saturated heterocycles. The van der Waals surface area contributed by atoms with Gasteiger partial charge in [0.1, 0.15) is 12.2 Å². The Morgan fingerprint density at radius 1 is 1.00 bits per heavy atom. The van der Waals surface area contributed by atoms with Gasteiger partial charge in [0.15, 0.2) is 0 Å². The molecule has 4 N–H and O–H groups in total. The number of hydrogen-bond acceptors (Lipinski definition) is 9. The summed E-state index contributed by atoms with van der Waals surface area (Å²) in [7, 11) is -0.333. The molecule has 0 radical (unpaired) electrons.